The Labute approximate surface area is 241 Å². The van der Waals surface area contributed by atoms with E-state index in [0.29, 0.717) is 51.9 Å². The lowest BCUT2D eigenvalue weighted by atomic mass is 9.92. The zero-order valence-electron chi connectivity index (χ0n) is 23.1. The van der Waals surface area contributed by atoms with Gasteiger partial charge in [0.2, 0.25) is 0 Å². The number of halogens is 2. The summed E-state index contributed by atoms with van der Waals surface area (Å²) in [4.78, 5) is 23.9. The van der Waals surface area contributed by atoms with Crippen molar-refractivity contribution in [1.82, 2.24) is 9.78 Å². The van der Waals surface area contributed by atoms with Crippen molar-refractivity contribution in [1.29, 1.82) is 0 Å². The summed E-state index contributed by atoms with van der Waals surface area (Å²) in [5.41, 5.74) is 2.19. The number of nitrogens with one attached hydrogen (secondary N) is 1. The standard InChI is InChI=1S/C29H37Cl2N3O4Si/c1-29(2,39(4,5)36)15-20(19-6-7-19)18-38-26-13-10-22(14-27(26)37-3)32-28(35)24-17-34(33-25(24)16-30)23-11-8-21(31)9-12-23/h8-14,17,19-20,36H,6-7,15-16,18H2,1-5H3,(H,32,35)/t20-/m0/s1. The van der Waals surface area contributed by atoms with Gasteiger partial charge in [-0.25, -0.2) is 4.68 Å². The number of amides is 1. The molecule has 1 amide bonds. The minimum Gasteiger partial charge on any atom is -0.493 e. The highest BCUT2D eigenvalue weighted by molar-refractivity contribution is 6.72. The number of nitrogens with zero attached hydrogens (tertiary/aromatic N) is 2. The van der Waals surface area contributed by atoms with E-state index in [0.717, 1.165) is 12.1 Å². The van der Waals surface area contributed by atoms with E-state index in [2.05, 4.69) is 24.3 Å². The van der Waals surface area contributed by atoms with Crippen molar-refractivity contribution >= 4 is 43.1 Å². The van der Waals surface area contributed by atoms with Crippen LogP contribution in [-0.2, 0) is 5.88 Å². The highest BCUT2D eigenvalue weighted by Crippen LogP contribution is 2.48. The number of methoxy groups -OCH3 is 1. The summed E-state index contributed by atoms with van der Waals surface area (Å²) in [6.45, 7) is 8.91. The molecule has 1 atom stereocenters. The first-order chi connectivity index (χ1) is 18.4. The van der Waals surface area contributed by atoms with Gasteiger partial charge in [-0.1, -0.05) is 25.4 Å². The summed E-state index contributed by atoms with van der Waals surface area (Å²) in [5, 5.41) is 7.89. The molecular weight excluding hydrogens is 553 g/mol. The smallest absolute Gasteiger partial charge is 0.259 e. The average molecular weight is 591 g/mol. The lowest BCUT2D eigenvalue weighted by molar-refractivity contribution is 0.102. The SMILES string of the molecule is COc1cc(NC(=O)c2cn(-c3ccc(Cl)cc3)nc2CCl)ccc1OC[C@H](CC(C)(C)[Si](C)(C)O)C1CC1. The number of aromatic nitrogens is 2. The molecular formula is C29H37Cl2N3O4Si. The Hall–Kier alpha value is -2.52. The molecule has 0 unspecified atom stereocenters. The quantitative estimate of drug-likeness (QED) is 0.171. The molecule has 0 aliphatic heterocycles. The van der Waals surface area contributed by atoms with Gasteiger partial charge in [0.15, 0.2) is 19.8 Å². The van der Waals surface area contributed by atoms with Gasteiger partial charge >= 0.3 is 0 Å². The first kappa shape index (κ1) is 29.5. The van der Waals surface area contributed by atoms with E-state index in [1.807, 2.05) is 31.3 Å². The van der Waals surface area contributed by atoms with Crippen LogP contribution in [0.5, 0.6) is 11.5 Å². The number of alkyl halides is 1. The van der Waals surface area contributed by atoms with Crippen molar-refractivity contribution in [2.24, 2.45) is 11.8 Å². The number of carbonyl (C=O) groups excluding carboxylic acids is 1. The number of rotatable bonds is 12. The van der Waals surface area contributed by atoms with Crippen LogP contribution >= 0.6 is 23.2 Å². The van der Waals surface area contributed by atoms with Crippen LogP contribution in [0.1, 0.15) is 49.2 Å². The Morgan fingerprint density at radius 1 is 1.21 bits per heavy atom. The van der Waals surface area contributed by atoms with E-state index in [9.17, 15) is 9.59 Å². The number of hydrogen-bond acceptors (Lipinski definition) is 5. The fourth-order valence-corrected chi connectivity index (χ4v) is 5.60. The summed E-state index contributed by atoms with van der Waals surface area (Å²) >= 11 is 12.1. The molecule has 0 saturated heterocycles. The number of benzene rings is 2. The highest BCUT2D eigenvalue weighted by Gasteiger charge is 2.43. The summed E-state index contributed by atoms with van der Waals surface area (Å²) in [5.74, 6) is 1.93. The van der Waals surface area contributed by atoms with Gasteiger partial charge in [-0.05, 0) is 85.6 Å². The molecule has 1 saturated carbocycles. The van der Waals surface area contributed by atoms with E-state index in [1.165, 1.54) is 12.8 Å². The first-order valence-electron chi connectivity index (χ1n) is 13.2. The maximum atomic E-state index is 13.2. The van der Waals surface area contributed by atoms with Gasteiger partial charge in [0, 0.05) is 23.0 Å². The zero-order chi connectivity index (χ0) is 28.4. The van der Waals surface area contributed by atoms with Crippen LogP contribution in [0, 0.1) is 11.8 Å². The third-order valence-electron chi connectivity index (χ3n) is 7.84. The van der Waals surface area contributed by atoms with Crippen molar-refractivity contribution in [3.8, 4) is 17.2 Å². The molecule has 39 heavy (non-hydrogen) atoms. The lowest BCUT2D eigenvalue weighted by Gasteiger charge is -2.38. The first-order valence-corrected chi connectivity index (χ1v) is 17.0. The molecule has 2 aromatic carbocycles. The van der Waals surface area contributed by atoms with Crippen LogP contribution in [0.3, 0.4) is 0 Å². The molecule has 1 fully saturated rings. The minimum absolute atomic E-state index is 0.0916. The van der Waals surface area contributed by atoms with Crippen molar-refractivity contribution < 1.29 is 19.1 Å². The fraction of sp³-hybridized carbons (Fsp3) is 0.448. The van der Waals surface area contributed by atoms with Crippen LogP contribution in [0.4, 0.5) is 5.69 Å². The van der Waals surface area contributed by atoms with Crippen molar-refractivity contribution in [2.45, 2.75) is 57.1 Å². The molecule has 10 heteroatoms. The molecule has 1 aliphatic carbocycles. The molecule has 7 nitrogen and oxygen atoms in total. The monoisotopic (exact) mass is 589 g/mol. The van der Waals surface area contributed by atoms with E-state index in [4.69, 9.17) is 32.7 Å². The average Bonchev–Trinajstić information content (AvgIpc) is 3.64. The van der Waals surface area contributed by atoms with Crippen molar-refractivity contribution in [3.05, 3.63) is 64.9 Å². The maximum Gasteiger partial charge on any atom is 0.259 e. The molecule has 1 aromatic heterocycles. The Bertz CT molecular complexity index is 1300. The number of ether oxygens (including phenoxy) is 2. The second-order valence-electron chi connectivity index (χ2n) is 11.4. The molecule has 1 heterocycles. The molecule has 2 N–H and O–H groups in total. The number of hydrogen-bond donors (Lipinski definition) is 2. The van der Waals surface area contributed by atoms with E-state index >= 15 is 0 Å². The van der Waals surface area contributed by atoms with Crippen molar-refractivity contribution in [3.63, 3.8) is 0 Å². The topological polar surface area (TPSA) is 85.6 Å². The van der Waals surface area contributed by atoms with E-state index in [1.54, 1.807) is 42.3 Å². The molecule has 4 rings (SSSR count). The third kappa shape index (κ3) is 7.17. The van der Waals surface area contributed by atoms with Crippen LogP contribution in [0.25, 0.3) is 5.69 Å². The normalized spacial score (nSPS) is 14.7. The van der Waals surface area contributed by atoms with E-state index < -0.39 is 8.32 Å². The Kier molecular flexibility index (Phi) is 9.00. The van der Waals surface area contributed by atoms with Crippen LogP contribution in [0.2, 0.25) is 23.2 Å². The zero-order valence-corrected chi connectivity index (χ0v) is 25.6. The molecule has 0 spiro atoms. The van der Waals surface area contributed by atoms with Crippen LogP contribution in [0.15, 0.2) is 48.7 Å². The highest BCUT2D eigenvalue weighted by atomic mass is 35.5. The predicted octanol–water partition coefficient (Wildman–Crippen LogP) is 7.30. The summed E-state index contributed by atoms with van der Waals surface area (Å²) in [7, 11) is -0.730. The van der Waals surface area contributed by atoms with E-state index in [-0.39, 0.29) is 16.8 Å². The second kappa shape index (κ2) is 11.9. The van der Waals surface area contributed by atoms with Gasteiger partial charge in [-0.2, -0.15) is 5.10 Å². The summed E-state index contributed by atoms with van der Waals surface area (Å²) in [6.07, 6.45) is 4.99. The molecule has 0 radical (unpaired) electrons. The second-order valence-corrected chi connectivity index (χ2v) is 16.6. The molecule has 1 aliphatic rings. The minimum atomic E-state index is -2.31. The Morgan fingerprint density at radius 3 is 2.49 bits per heavy atom. The van der Waals surface area contributed by atoms with Gasteiger partial charge in [0.25, 0.3) is 5.91 Å². The third-order valence-corrected chi connectivity index (χ3v) is 11.9. The van der Waals surface area contributed by atoms with Gasteiger partial charge in [0.05, 0.1) is 36.5 Å². The van der Waals surface area contributed by atoms with Gasteiger partial charge in [-0.15, -0.1) is 11.6 Å². The molecule has 0 bridgehead atoms. The maximum absolute atomic E-state index is 13.2. The fourth-order valence-electron chi connectivity index (χ4n) is 4.52. The summed E-state index contributed by atoms with van der Waals surface area (Å²) < 4.78 is 13.5. The van der Waals surface area contributed by atoms with Crippen LogP contribution in [-0.4, -0.2) is 42.5 Å². The van der Waals surface area contributed by atoms with Gasteiger partial charge in [0.1, 0.15) is 0 Å². The molecule has 210 valence electrons. The number of anilines is 1. The van der Waals surface area contributed by atoms with Crippen LogP contribution < -0.4 is 14.8 Å². The summed E-state index contributed by atoms with van der Waals surface area (Å²) in [6, 6.07) is 12.5. The van der Waals surface area contributed by atoms with Gasteiger partial charge < -0.3 is 19.6 Å². The van der Waals surface area contributed by atoms with Crippen molar-refractivity contribution in [2.75, 3.05) is 19.0 Å². The lowest BCUT2D eigenvalue weighted by Crippen LogP contribution is -2.41. The van der Waals surface area contributed by atoms with Gasteiger partial charge in [-0.3, -0.25) is 4.79 Å². The predicted molar refractivity (Wildman–Crippen MR) is 159 cm³/mol. The molecule has 3 aromatic rings. The number of carbonyl (C=O) groups is 1. The Morgan fingerprint density at radius 2 is 1.90 bits per heavy atom. The largest absolute Gasteiger partial charge is 0.493 e. The Balaban J connectivity index is 1.45.